The first-order valence-electron chi connectivity index (χ1n) is 11.6. The molecule has 10 heteroatoms. The molecule has 0 saturated heterocycles. The Bertz CT molecular complexity index is 1220. The smallest absolute Gasteiger partial charge is 0.279 e. The molecule has 178 valence electrons. The monoisotopic (exact) mass is 488 g/mol. The molecule has 0 bridgehead atoms. The van der Waals surface area contributed by atoms with Gasteiger partial charge in [0.15, 0.2) is 4.83 Å². The molecule has 1 N–H and O–H groups in total. The first-order valence-corrected chi connectivity index (χ1v) is 13.2. The number of aromatic nitrogens is 5. The lowest BCUT2D eigenvalue weighted by Gasteiger charge is -2.33. The van der Waals surface area contributed by atoms with E-state index in [1.165, 1.54) is 20.9 Å². The summed E-state index contributed by atoms with van der Waals surface area (Å²) < 4.78 is 1.25. The summed E-state index contributed by atoms with van der Waals surface area (Å²) in [4.78, 5) is 28.4. The average Bonchev–Trinajstić information content (AvgIpc) is 3.32. The molecule has 0 aromatic carbocycles. The second kappa shape index (κ2) is 9.21. The lowest BCUT2D eigenvalue weighted by molar-refractivity contribution is -0.119. The second-order valence-electron chi connectivity index (χ2n) is 10.3. The molecule has 3 aromatic rings. The number of aryl methyl sites for hydroxylation is 1. The number of carbonyl (C=O) groups excluding carboxylic acids is 1. The van der Waals surface area contributed by atoms with Gasteiger partial charge in [-0.1, -0.05) is 58.1 Å². The molecular formula is C23H32N6O2S2. The first-order chi connectivity index (χ1) is 15.6. The van der Waals surface area contributed by atoms with E-state index in [0.29, 0.717) is 33.6 Å². The van der Waals surface area contributed by atoms with Gasteiger partial charge in [-0.3, -0.25) is 14.9 Å². The Labute approximate surface area is 201 Å². The summed E-state index contributed by atoms with van der Waals surface area (Å²) in [6.45, 7) is 12.9. The number of carbonyl (C=O) groups is 1. The van der Waals surface area contributed by atoms with E-state index in [1.54, 1.807) is 11.3 Å². The minimum absolute atomic E-state index is 0.227. The number of hydrogen-bond acceptors (Lipinski definition) is 8. The van der Waals surface area contributed by atoms with Gasteiger partial charge in [-0.15, -0.1) is 26.6 Å². The summed E-state index contributed by atoms with van der Waals surface area (Å²) >= 11 is 2.94. The van der Waals surface area contributed by atoms with Crippen molar-refractivity contribution in [3.05, 3.63) is 25.8 Å². The Hall–Kier alpha value is -2.20. The Morgan fingerprint density at radius 3 is 2.64 bits per heavy atom. The van der Waals surface area contributed by atoms with Crippen LogP contribution in [-0.2, 0) is 24.1 Å². The average molecular weight is 489 g/mol. The fourth-order valence-corrected chi connectivity index (χ4v) is 6.63. The van der Waals surface area contributed by atoms with Crippen LogP contribution in [0.25, 0.3) is 10.2 Å². The van der Waals surface area contributed by atoms with Crippen LogP contribution in [-0.4, -0.2) is 31.1 Å². The third-order valence-corrected chi connectivity index (χ3v) is 8.39. The highest BCUT2D eigenvalue weighted by Crippen LogP contribution is 2.41. The normalized spacial score (nSPS) is 17.4. The van der Waals surface area contributed by atoms with Gasteiger partial charge < -0.3 is 0 Å². The van der Waals surface area contributed by atoms with Crippen LogP contribution in [0, 0.1) is 17.3 Å². The van der Waals surface area contributed by atoms with Gasteiger partial charge in [0, 0.05) is 11.3 Å². The van der Waals surface area contributed by atoms with Crippen molar-refractivity contribution in [2.24, 2.45) is 17.3 Å². The highest BCUT2D eigenvalue weighted by Gasteiger charge is 2.33. The van der Waals surface area contributed by atoms with Gasteiger partial charge in [-0.2, -0.15) is 4.68 Å². The van der Waals surface area contributed by atoms with Crippen LogP contribution in [0.15, 0.2) is 4.79 Å². The van der Waals surface area contributed by atoms with E-state index in [4.69, 9.17) is 0 Å². The number of hydrogen-bond donors (Lipinski definition) is 1. The van der Waals surface area contributed by atoms with Crippen LogP contribution in [0.5, 0.6) is 0 Å². The Balaban J connectivity index is 1.62. The van der Waals surface area contributed by atoms with E-state index < -0.39 is 6.04 Å². The third kappa shape index (κ3) is 4.87. The second-order valence-corrected chi connectivity index (χ2v) is 12.5. The van der Waals surface area contributed by atoms with Gasteiger partial charge in [0.1, 0.15) is 11.0 Å². The molecule has 1 aliphatic carbocycles. The van der Waals surface area contributed by atoms with Crippen LogP contribution in [0.3, 0.4) is 0 Å². The van der Waals surface area contributed by atoms with Crippen molar-refractivity contribution in [2.45, 2.75) is 79.7 Å². The van der Waals surface area contributed by atoms with Crippen LogP contribution < -0.4 is 10.9 Å². The van der Waals surface area contributed by atoms with Gasteiger partial charge in [0.25, 0.3) is 11.5 Å². The summed E-state index contributed by atoms with van der Waals surface area (Å²) in [5, 5.41) is 21.5. The quantitative estimate of drug-likeness (QED) is 0.542. The predicted octanol–water partition coefficient (Wildman–Crippen LogP) is 4.64. The summed E-state index contributed by atoms with van der Waals surface area (Å²) in [6.07, 6.45) is 4.11. The van der Waals surface area contributed by atoms with Crippen LogP contribution in [0.1, 0.15) is 75.9 Å². The number of nitrogens with one attached hydrogen (secondary N) is 1. The predicted molar refractivity (Wildman–Crippen MR) is 133 cm³/mol. The van der Waals surface area contributed by atoms with E-state index in [9.17, 15) is 9.59 Å². The molecule has 0 aliphatic heterocycles. The maximum absolute atomic E-state index is 13.5. The van der Waals surface area contributed by atoms with E-state index in [0.717, 1.165) is 36.3 Å². The fourth-order valence-electron chi connectivity index (χ4n) is 4.44. The molecule has 1 aliphatic rings. The molecule has 3 aromatic heterocycles. The molecule has 0 spiro atoms. The first kappa shape index (κ1) is 23.9. The molecule has 4 rings (SSSR count). The summed E-state index contributed by atoms with van der Waals surface area (Å²) in [7, 11) is 0. The molecule has 2 unspecified atom stereocenters. The standard InChI is InChI=1S/C23H32N6O2S2/c1-7-15(19(30)24-22-27-25-17(33-22)10-12(2)3)29-21(31)18-14-9-8-13(23(4,5)6)11-16(14)32-20(18)26-28-29/h12-13,15H,7-11H2,1-6H3,(H,24,27,30). The van der Waals surface area contributed by atoms with Crippen molar-refractivity contribution in [1.29, 1.82) is 0 Å². The molecule has 33 heavy (non-hydrogen) atoms. The minimum atomic E-state index is -0.756. The zero-order valence-corrected chi connectivity index (χ0v) is 21.8. The maximum atomic E-state index is 13.5. The molecule has 0 fully saturated rings. The van der Waals surface area contributed by atoms with Crippen molar-refractivity contribution in [2.75, 3.05) is 5.32 Å². The van der Waals surface area contributed by atoms with Crippen molar-refractivity contribution >= 4 is 43.9 Å². The van der Waals surface area contributed by atoms with Crippen LogP contribution in [0.4, 0.5) is 5.13 Å². The number of anilines is 1. The van der Waals surface area contributed by atoms with Crippen molar-refractivity contribution in [3.8, 4) is 0 Å². The molecular weight excluding hydrogens is 456 g/mol. The highest BCUT2D eigenvalue weighted by atomic mass is 32.1. The maximum Gasteiger partial charge on any atom is 0.279 e. The molecule has 0 radical (unpaired) electrons. The van der Waals surface area contributed by atoms with Crippen molar-refractivity contribution < 1.29 is 4.79 Å². The molecule has 0 saturated carbocycles. The Morgan fingerprint density at radius 1 is 1.21 bits per heavy atom. The third-order valence-electron chi connectivity index (χ3n) is 6.39. The van der Waals surface area contributed by atoms with Gasteiger partial charge in [0.2, 0.25) is 5.13 Å². The van der Waals surface area contributed by atoms with Crippen LogP contribution in [0.2, 0.25) is 0 Å². The zero-order chi connectivity index (χ0) is 23.9. The van der Waals surface area contributed by atoms with Gasteiger partial charge in [-0.25, -0.2) is 0 Å². The van der Waals surface area contributed by atoms with E-state index in [-0.39, 0.29) is 16.9 Å². The molecule has 2 atom stereocenters. The van der Waals surface area contributed by atoms with Crippen LogP contribution >= 0.6 is 22.7 Å². The summed E-state index contributed by atoms with van der Waals surface area (Å²) in [5.41, 5.74) is 1.10. The Kier molecular flexibility index (Phi) is 6.68. The molecule has 1 amide bonds. The lowest BCUT2D eigenvalue weighted by Crippen LogP contribution is -2.35. The van der Waals surface area contributed by atoms with E-state index in [1.807, 2.05) is 6.92 Å². The van der Waals surface area contributed by atoms with E-state index >= 15 is 0 Å². The number of amides is 1. The molecule has 3 heterocycles. The lowest BCUT2D eigenvalue weighted by atomic mass is 9.72. The highest BCUT2D eigenvalue weighted by molar-refractivity contribution is 7.18. The fraction of sp³-hybridized carbons (Fsp3) is 0.652. The zero-order valence-electron chi connectivity index (χ0n) is 20.1. The summed E-state index contributed by atoms with van der Waals surface area (Å²) in [5.74, 6) is 0.716. The van der Waals surface area contributed by atoms with Crippen molar-refractivity contribution in [1.82, 2.24) is 25.2 Å². The number of rotatable bonds is 6. The number of nitrogens with zero attached hydrogens (tertiary/aromatic N) is 5. The molecule has 8 nitrogen and oxygen atoms in total. The minimum Gasteiger partial charge on any atom is -0.299 e. The largest absolute Gasteiger partial charge is 0.299 e. The number of fused-ring (bicyclic) bond motifs is 3. The van der Waals surface area contributed by atoms with E-state index in [2.05, 4.69) is 60.4 Å². The van der Waals surface area contributed by atoms with Gasteiger partial charge in [0.05, 0.1) is 5.39 Å². The van der Waals surface area contributed by atoms with Gasteiger partial charge in [-0.05, 0) is 48.5 Å². The van der Waals surface area contributed by atoms with Crippen molar-refractivity contribution in [3.63, 3.8) is 0 Å². The number of thiophene rings is 1. The Morgan fingerprint density at radius 2 is 1.97 bits per heavy atom. The summed E-state index contributed by atoms with van der Waals surface area (Å²) in [6, 6.07) is -0.756. The SMILES string of the molecule is CCC(C(=O)Nc1nnc(CC(C)C)s1)n1nnc2sc3c(c2c1=O)CCC(C(C)(C)C)C3. The van der Waals surface area contributed by atoms with Gasteiger partial charge >= 0.3 is 0 Å². The topological polar surface area (TPSA) is 103 Å².